The van der Waals surface area contributed by atoms with Gasteiger partial charge in [-0.2, -0.15) is 5.26 Å². The lowest BCUT2D eigenvalue weighted by Crippen LogP contribution is -2.31. The van der Waals surface area contributed by atoms with Crippen molar-refractivity contribution in [1.82, 2.24) is 15.5 Å². The van der Waals surface area contributed by atoms with E-state index in [1.54, 1.807) is 0 Å². The zero-order chi connectivity index (χ0) is 15.7. The average Bonchev–Trinajstić information content (AvgIpc) is 2.84. The van der Waals surface area contributed by atoms with Gasteiger partial charge < -0.3 is 15.5 Å². The number of amides is 2. The predicted octanol–water partition coefficient (Wildman–Crippen LogP) is 0.768. The highest BCUT2D eigenvalue weighted by Crippen LogP contribution is 2.09. The van der Waals surface area contributed by atoms with Crippen LogP contribution in [0.25, 0.3) is 0 Å². The van der Waals surface area contributed by atoms with E-state index in [-0.39, 0.29) is 17.4 Å². The van der Waals surface area contributed by atoms with Crippen molar-refractivity contribution in [2.75, 3.05) is 26.2 Å². The van der Waals surface area contributed by atoms with Gasteiger partial charge in [0.25, 0.3) is 5.91 Å². The summed E-state index contributed by atoms with van der Waals surface area (Å²) in [5.41, 5.74) is 0.0768. The van der Waals surface area contributed by atoms with Gasteiger partial charge in [0.1, 0.15) is 11.6 Å². The fourth-order valence-electron chi connectivity index (χ4n) is 2.05. The largest absolute Gasteiger partial charge is 0.389 e. The number of hydrogen-bond donors (Lipinski definition) is 2. The Balaban J connectivity index is 2.24. The molecule has 0 unspecified atom stereocenters. The van der Waals surface area contributed by atoms with Crippen molar-refractivity contribution < 1.29 is 9.59 Å². The molecule has 0 aromatic rings. The van der Waals surface area contributed by atoms with Gasteiger partial charge in [-0.3, -0.25) is 9.59 Å². The van der Waals surface area contributed by atoms with Gasteiger partial charge in [0, 0.05) is 38.8 Å². The molecule has 1 saturated heterocycles. The number of carbonyl (C=O) groups excluding carboxylic acids is 2. The number of nitrogens with zero attached hydrogens (tertiary/aromatic N) is 2. The molecule has 0 aromatic heterocycles. The molecule has 2 amide bonds. The van der Waals surface area contributed by atoms with Crippen LogP contribution in [0.3, 0.4) is 0 Å². The van der Waals surface area contributed by atoms with Gasteiger partial charge in [0.2, 0.25) is 5.91 Å². The normalized spacial score (nSPS) is 15.2. The Hall–Kier alpha value is -2.03. The van der Waals surface area contributed by atoms with Crippen LogP contribution in [0.4, 0.5) is 0 Å². The molecule has 0 aromatic carbocycles. The third-order valence-electron chi connectivity index (χ3n) is 3.20. The maximum absolute atomic E-state index is 11.8. The van der Waals surface area contributed by atoms with Crippen molar-refractivity contribution in [2.45, 2.75) is 33.1 Å². The monoisotopic (exact) mass is 292 g/mol. The molecule has 6 heteroatoms. The Kier molecular flexibility index (Phi) is 7.30. The first-order chi connectivity index (χ1) is 10.0. The minimum absolute atomic E-state index is 0.0768. The molecule has 21 heavy (non-hydrogen) atoms. The molecule has 1 rings (SSSR count). The van der Waals surface area contributed by atoms with Crippen LogP contribution in [0.1, 0.15) is 33.1 Å². The highest BCUT2D eigenvalue weighted by Gasteiger charge is 2.19. The number of nitrogens with one attached hydrogen (secondary N) is 2. The lowest BCUT2D eigenvalue weighted by atomic mass is 10.2. The van der Waals surface area contributed by atoms with Crippen LogP contribution in [0, 0.1) is 17.2 Å². The highest BCUT2D eigenvalue weighted by atomic mass is 16.2. The molecule has 2 N–H and O–H groups in total. The second-order valence-corrected chi connectivity index (χ2v) is 5.57. The first-order valence-corrected chi connectivity index (χ1v) is 7.44. The summed E-state index contributed by atoms with van der Waals surface area (Å²) in [5, 5.41) is 14.6. The maximum atomic E-state index is 11.8. The number of hydrogen-bond acceptors (Lipinski definition) is 4. The molecule has 1 heterocycles. The van der Waals surface area contributed by atoms with Gasteiger partial charge in [0.05, 0.1) is 0 Å². The summed E-state index contributed by atoms with van der Waals surface area (Å²) in [6.45, 7) is 6.76. The molecule has 6 nitrogen and oxygen atoms in total. The van der Waals surface area contributed by atoms with E-state index in [1.165, 1.54) is 6.20 Å². The van der Waals surface area contributed by atoms with E-state index in [9.17, 15) is 9.59 Å². The first-order valence-electron chi connectivity index (χ1n) is 7.44. The van der Waals surface area contributed by atoms with Crippen molar-refractivity contribution in [3.05, 3.63) is 11.8 Å². The standard InChI is InChI=1S/C15H24N4O2/c1-12(2)10-17-11-13(9-16)15(21)18-6-4-8-19-7-3-5-14(19)20/h11-12,17H,3-8,10H2,1-2H3,(H,18,21)/b13-11-. The van der Waals surface area contributed by atoms with Crippen molar-refractivity contribution in [3.63, 3.8) is 0 Å². The minimum atomic E-state index is -0.374. The van der Waals surface area contributed by atoms with Crippen LogP contribution in [0.2, 0.25) is 0 Å². The highest BCUT2D eigenvalue weighted by molar-refractivity contribution is 5.97. The summed E-state index contributed by atoms with van der Waals surface area (Å²) < 4.78 is 0. The molecular weight excluding hydrogens is 268 g/mol. The van der Waals surface area contributed by atoms with E-state index in [4.69, 9.17) is 5.26 Å². The van der Waals surface area contributed by atoms with Gasteiger partial charge in [0.15, 0.2) is 0 Å². The Morgan fingerprint density at radius 2 is 2.29 bits per heavy atom. The van der Waals surface area contributed by atoms with E-state index >= 15 is 0 Å². The third-order valence-corrected chi connectivity index (χ3v) is 3.20. The number of carbonyl (C=O) groups is 2. The smallest absolute Gasteiger partial charge is 0.263 e. The summed E-state index contributed by atoms with van der Waals surface area (Å²) in [6, 6.07) is 1.89. The van der Waals surface area contributed by atoms with E-state index < -0.39 is 0 Å². The van der Waals surface area contributed by atoms with Crippen molar-refractivity contribution in [3.8, 4) is 6.07 Å². The number of nitriles is 1. The summed E-state index contributed by atoms with van der Waals surface area (Å²) >= 11 is 0. The number of likely N-dealkylation sites (tertiary alicyclic amines) is 1. The van der Waals surface area contributed by atoms with E-state index in [1.807, 2.05) is 24.8 Å². The predicted molar refractivity (Wildman–Crippen MR) is 80.0 cm³/mol. The molecule has 0 atom stereocenters. The molecule has 0 spiro atoms. The van der Waals surface area contributed by atoms with Gasteiger partial charge in [-0.15, -0.1) is 0 Å². The molecule has 1 aliphatic rings. The fourth-order valence-corrected chi connectivity index (χ4v) is 2.05. The first kappa shape index (κ1) is 17.0. The molecule has 0 saturated carbocycles. The lowest BCUT2D eigenvalue weighted by molar-refractivity contribution is -0.127. The SMILES string of the molecule is CC(C)CN/C=C(/C#N)C(=O)NCCCN1CCCC1=O. The molecule has 1 aliphatic heterocycles. The molecular formula is C15H24N4O2. The van der Waals surface area contributed by atoms with Crippen LogP contribution in [-0.2, 0) is 9.59 Å². The van der Waals surface area contributed by atoms with Crippen LogP contribution in [0.15, 0.2) is 11.8 Å². The van der Waals surface area contributed by atoms with Crippen molar-refractivity contribution in [1.29, 1.82) is 5.26 Å². The van der Waals surface area contributed by atoms with Gasteiger partial charge >= 0.3 is 0 Å². The Bertz CT molecular complexity index is 437. The summed E-state index contributed by atoms with van der Waals surface area (Å²) in [4.78, 5) is 25.0. The van der Waals surface area contributed by atoms with E-state index in [2.05, 4.69) is 10.6 Å². The molecule has 1 fully saturated rings. The van der Waals surface area contributed by atoms with Crippen LogP contribution >= 0.6 is 0 Å². The molecule has 116 valence electrons. The molecule has 0 radical (unpaired) electrons. The zero-order valence-electron chi connectivity index (χ0n) is 12.8. The minimum Gasteiger partial charge on any atom is -0.389 e. The zero-order valence-corrected chi connectivity index (χ0v) is 12.8. The molecule has 0 bridgehead atoms. The number of rotatable bonds is 8. The van der Waals surface area contributed by atoms with Gasteiger partial charge in [-0.1, -0.05) is 13.8 Å². The maximum Gasteiger partial charge on any atom is 0.263 e. The quantitative estimate of drug-likeness (QED) is 0.393. The van der Waals surface area contributed by atoms with E-state index in [0.29, 0.717) is 31.8 Å². The second-order valence-electron chi connectivity index (χ2n) is 5.57. The fraction of sp³-hybridized carbons (Fsp3) is 0.667. The second kappa shape index (κ2) is 9.01. The summed E-state index contributed by atoms with van der Waals surface area (Å²) in [6.07, 6.45) is 3.72. The molecule has 0 aliphatic carbocycles. The van der Waals surface area contributed by atoms with Gasteiger partial charge in [-0.25, -0.2) is 0 Å². The van der Waals surface area contributed by atoms with Crippen LogP contribution in [-0.4, -0.2) is 42.9 Å². The summed E-state index contributed by atoms with van der Waals surface area (Å²) in [7, 11) is 0. The van der Waals surface area contributed by atoms with Crippen LogP contribution < -0.4 is 10.6 Å². The average molecular weight is 292 g/mol. The Morgan fingerprint density at radius 3 is 2.86 bits per heavy atom. The Labute approximate surface area is 126 Å². The van der Waals surface area contributed by atoms with Crippen molar-refractivity contribution >= 4 is 11.8 Å². The Morgan fingerprint density at radius 1 is 1.52 bits per heavy atom. The van der Waals surface area contributed by atoms with Crippen LogP contribution in [0.5, 0.6) is 0 Å². The van der Waals surface area contributed by atoms with Gasteiger partial charge in [-0.05, 0) is 18.8 Å². The van der Waals surface area contributed by atoms with E-state index in [0.717, 1.165) is 19.5 Å². The third kappa shape index (κ3) is 6.30. The summed E-state index contributed by atoms with van der Waals surface area (Å²) in [5.74, 6) is 0.264. The lowest BCUT2D eigenvalue weighted by Gasteiger charge is -2.15. The topological polar surface area (TPSA) is 85.2 Å². The van der Waals surface area contributed by atoms with Crippen molar-refractivity contribution in [2.24, 2.45) is 5.92 Å².